The van der Waals surface area contributed by atoms with Crippen LogP contribution in [0.2, 0.25) is 0 Å². The summed E-state index contributed by atoms with van der Waals surface area (Å²) in [6, 6.07) is 5.29. The van der Waals surface area contributed by atoms with Crippen molar-refractivity contribution in [1.82, 2.24) is 9.29 Å². The molecule has 1 aromatic rings. The first kappa shape index (κ1) is 13.1. The molecule has 1 rings (SSSR count). The number of hydrogen-bond donors (Lipinski definition) is 0. The lowest BCUT2D eigenvalue weighted by Crippen LogP contribution is -2.32. The number of pyridine rings is 1. The van der Waals surface area contributed by atoms with Crippen molar-refractivity contribution < 1.29 is 8.42 Å². The molecule has 16 heavy (non-hydrogen) atoms. The molecule has 1 unspecified atom stereocenters. The van der Waals surface area contributed by atoms with Gasteiger partial charge in [0.1, 0.15) is 0 Å². The van der Waals surface area contributed by atoms with Crippen LogP contribution in [0, 0.1) is 0 Å². The van der Waals surface area contributed by atoms with Crippen LogP contribution in [-0.2, 0) is 10.0 Å². The topological polar surface area (TPSA) is 50.3 Å². The first-order chi connectivity index (χ1) is 7.49. The number of hydrogen-bond acceptors (Lipinski definition) is 3. The Morgan fingerprint density at radius 3 is 2.62 bits per heavy atom. The van der Waals surface area contributed by atoms with Crippen molar-refractivity contribution >= 4 is 10.0 Å². The zero-order valence-electron chi connectivity index (χ0n) is 9.92. The average Bonchev–Trinajstić information content (AvgIpc) is 2.28. The molecule has 4 nitrogen and oxygen atoms in total. The summed E-state index contributed by atoms with van der Waals surface area (Å²) in [4.78, 5) is 4.17. The van der Waals surface area contributed by atoms with Crippen LogP contribution in [0.25, 0.3) is 0 Å². The minimum Gasteiger partial charge on any atom is -0.260 e. The second-order valence-electron chi connectivity index (χ2n) is 3.76. The first-order valence-corrected chi connectivity index (χ1v) is 6.96. The summed E-state index contributed by atoms with van der Waals surface area (Å²) in [5, 5.41) is 0. The molecule has 0 saturated carbocycles. The standard InChI is InChI=1S/C11H18N2O2S/c1-4-9-16(14,15)13(3)10(2)11-7-5-6-8-12-11/h5-8,10H,4,9H2,1-3H3. The summed E-state index contributed by atoms with van der Waals surface area (Å²) in [6.07, 6.45) is 2.30. The van der Waals surface area contributed by atoms with Gasteiger partial charge in [0.25, 0.3) is 0 Å². The van der Waals surface area contributed by atoms with E-state index in [-0.39, 0.29) is 11.8 Å². The maximum atomic E-state index is 11.8. The molecule has 0 fully saturated rings. The van der Waals surface area contributed by atoms with E-state index in [0.717, 1.165) is 5.69 Å². The Hall–Kier alpha value is -0.940. The first-order valence-electron chi connectivity index (χ1n) is 5.35. The van der Waals surface area contributed by atoms with Crippen LogP contribution < -0.4 is 0 Å². The molecule has 1 atom stereocenters. The molecule has 0 aromatic carbocycles. The fourth-order valence-electron chi connectivity index (χ4n) is 1.45. The molecule has 0 aliphatic heterocycles. The molecule has 0 saturated heterocycles. The maximum absolute atomic E-state index is 11.8. The van der Waals surface area contributed by atoms with Gasteiger partial charge in [-0.25, -0.2) is 8.42 Å². The third kappa shape index (κ3) is 3.02. The number of aromatic nitrogens is 1. The van der Waals surface area contributed by atoms with Gasteiger partial charge in [0.05, 0.1) is 17.5 Å². The molecule has 0 amide bonds. The van der Waals surface area contributed by atoms with Gasteiger partial charge in [-0.2, -0.15) is 4.31 Å². The van der Waals surface area contributed by atoms with Crippen molar-refractivity contribution in [2.24, 2.45) is 0 Å². The lowest BCUT2D eigenvalue weighted by molar-refractivity contribution is 0.391. The van der Waals surface area contributed by atoms with Crippen LogP contribution in [0.4, 0.5) is 0 Å². The molecule has 0 N–H and O–H groups in total. The lowest BCUT2D eigenvalue weighted by Gasteiger charge is -2.23. The van der Waals surface area contributed by atoms with E-state index in [0.29, 0.717) is 6.42 Å². The number of nitrogens with zero attached hydrogens (tertiary/aromatic N) is 2. The highest BCUT2D eigenvalue weighted by Crippen LogP contribution is 2.19. The van der Waals surface area contributed by atoms with Crippen molar-refractivity contribution in [1.29, 1.82) is 0 Å². The Bertz CT molecular complexity index is 417. The highest BCUT2D eigenvalue weighted by molar-refractivity contribution is 7.89. The van der Waals surface area contributed by atoms with Gasteiger partial charge in [0.15, 0.2) is 0 Å². The molecule has 0 bridgehead atoms. The molecule has 90 valence electrons. The van der Waals surface area contributed by atoms with Crippen LogP contribution in [-0.4, -0.2) is 30.5 Å². The minimum atomic E-state index is -3.16. The van der Waals surface area contributed by atoms with Gasteiger partial charge in [-0.3, -0.25) is 4.98 Å². The predicted octanol–water partition coefficient (Wildman–Crippen LogP) is 1.81. The molecule has 0 spiro atoms. The van der Waals surface area contributed by atoms with E-state index >= 15 is 0 Å². The molecular formula is C11H18N2O2S. The Morgan fingerprint density at radius 2 is 2.12 bits per heavy atom. The van der Waals surface area contributed by atoms with E-state index in [2.05, 4.69) is 4.98 Å². The summed E-state index contributed by atoms with van der Waals surface area (Å²) < 4.78 is 25.1. The SMILES string of the molecule is CCCS(=O)(=O)N(C)C(C)c1ccccn1. The molecule has 0 aliphatic carbocycles. The zero-order chi connectivity index (χ0) is 12.2. The van der Waals surface area contributed by atoms with Crippen LogP contribution in [0.1, 0.15) is 32.0 Å². The summed E-state index contributed by atoms with van der Waals surface area (Å²) >= 11 is 0. The van der Waals surface area contributed by atoms with Crippen molar-refractivity contribution in [3.63, 3.8) is 0 Å². The van der Waals surface area contributed by atoms with Gasteiger partial charge in [-0.1, -0.05) is 13.0 Å². The third-order valence-corrected chi connectivity index (χ3v) is 4.68. The molecular weight excluding hydrogens is 224 g/mol. The highest BCUT2D eigenvalue weighted by atomic mass is 32.2. The average molecular weight is 242 g/mol. The maximum Gasteiger partial charge on any atom is 0.214 e. The molecule has 0 radical (unpaired) electrons. The molecule has 0 aliphatic rings. The Labute approximate surface area is 97.4 Å². The Morgan fingerprint density at radius 1 is 1.44 bits per heavy atom. The Kier molecular flexibility index (Phi) is 4.44. The molecule has 1 heterocycles. The highest BCUT2D eigenvalue weighted by Gasteiger charge is 2.23. The predicted molar refractivity (Wildman–Crippen MR) is 64.5 cm³/mol. The van der Waals surface area contributed by atoms with Gasteiger partial charge in [0.2, 0.25) is 10.0 Å². The van der Waals surface area contributed by atoms with Crippen LogP contribution in [0.5, 0.6) is 0 Å². The quantitative estimate of drug-likeness (QED) is 0.791. The Balaban J connectivity index is 2.87. The van der Waals surface area contributed by atoms with Crippen molar-refractivity contribution in [3.8, 4) is 0 Å². The van der Waals surface area contributed by atoms with E-state index in [1.54, 1.807) is 13.2 Å². The van der Waals surface area contributed by atoms with Crippen molar-refractivity contribution in [2.75, 3.05) is 12.8 Å². The molecule has 5 heteroatoms. The number of sulfonamides is 1. The normalized spacial score (nSPS) is 14.0. The minimum absolute atomic E-state index is 0.181. The van der Waals surface area contributed by atoms with Crippen molar-refractivity contribution in [3.05, 3.63) is 30.1 Å². The van der Waals surface area contributed by atoms with E-state index in [9.17, 15) is 8.42 Å². The van der Waals surface area contributed by atoms with Crippen LogP contribution in [0.15, 0.2) is 24.4 Å². The van der Waals surface area contributed by atoms with Crippen LogP contribution in [0.3, 0.4) is 0 Å². The van der Waals surface area contributed by atoms with E-state index in [4.69, 9.17) is 0 Å². The van der Waals surface area contributed by atoms with Gasteiger partial charge in [0, 0.05) is 13.2 Å². The number of rotatable bonds is 5. The van der Waals surface area contributed by atoms with Crippen molar-refractivity contribution in [2.45, 2.75) is 26.3 Å². The largest absolute Gasteiger partial charge is 0.260 e. The monoisotopic (exact) mass is 242 g/mol. The van der Waals surface area contributed by atoms with Gasteiger partial charge >= 0.3 is 0 Å². The third-order valence-electron chi connectivity index (χ3n) is 2.56. The van der Waals surface area contributed by atoms with E-state index in [1.807, 2.05) is 32.0 Å². The summed E-state index contributed by atoms with van der Waals surface area (Å²) in [7, 11) is -1.56. The zero-order valence-corrected chi connectivity index (χ0v) is 10.7. The smallest absolute Gasteiger partial charge is 0.214 e. The molecule has 1 aromatic heterocycles. The van der Waals surface area contributed by atoms with Crippen LogP contribution >= 0.6 is 0 Å². The summed E-state index contributed by atoms with van der Waals surface area (Å²) in [5.41, 5.74) is 0.768. The summed E-state index contributed by atoms with van der Waals surface area (Å²) in [5.74, 6) is 0.181. The fraction of sp³-hybridized carbons (Fsp3) is 0.545. The second kappa shape index (κ2) is 5.41. The fourth-order valence-corrected chi connectivity index (χ4v) is 2.85. The lowest BCUT2D eigenvalue weighted by atomic mass is 10.2. The summed E-state index contributed by atoms with van der Waals surface area (Å²) in [6.45, 7) is 3.70. The van der Waals surface area contributed by atoms with E-state index in [1.165, 1.54) is 4.31 Å². The second-order valence-corrected chi connectivity index (χ2v) is 5.91. The van der Waals surface area contributed by atoms with Gasteiger partial charge in [-0.15, -0.1) is 0 Å². The van der Waals surface area contributed by atoms with Gasteiger partial charge < -0.3 is 0 Å². The van der Waals surface area contributed by atoms with Gasteiger partial charge in [-0.05, 0) is 25.5 Å². The van der Waals surface area contributed by atoms with E-state index < -0.39 is 10.0 Å².